The number of thiazole rings is 2. The Hall–Kier alpha value is -4.26. The molecule has 0 amide bonds. The summed E-state index contributed by atoms with van der Waals surface area (Å²) in [6.45, 7) is 4.53. The van der Waals surface area contributed by atoms with Gasteiger partial charge in [0.05, 0.1) is 16.8 Å². The third kappa shape index (κ3) is 4.30. The summed E-state index contributed by atoms with van der Waals surface area (Å²) in [6, 6.07) is 42.0. The molecule has 0 fully saturated rings. The third-order valence-electron chi connectivity index (χ3n) is 7.32. The molecule has 4 nitrogen and oxygen atoms in total. The van der Waals surface area contributed by atoms with Crippen LogP contribution in [0.3, 0.4) is 0 Å². The number of anilines is 6. The van der Waals surface area contributed by atoms with Crippen molar-refractivity contribution in [3.8, 4) is 0 Å². The van der Waals surface area contributed by atoms with Gasteiger partial charge in [0.1, 0.15) is 0 Å². The molecule has 0 aliphatic heterocycles. The summed E-state index contributed by atoms with van der Waals surface area (Å²) in [5, 5.41) is 1.97. The van der Waals surface area contributed by atoms with Crippen molar-refractivity contribution in [3.63, 3.8) is 0 Å². The monoisotopic (exact) mass is 556 g/mol. The molecule has 40 heavy (non-hydrogen) atoms. The van der Waals surface area contributed by atoms with Crippen LogP contribution in [0.5, 0.6) is 0 Å². The molecule has 0 atom stereocenters. The molecule has 2 aromatic heterocycles. The van der Waals surface area contributed by atoms with Gasteiger partial charge in [-0.05, 0) is 62.4 Å². The molecule has 2 heterocycles. The Balaban J connectivity index is 1.31. The number of fused-ring (bicyclic) bond motifs is 2. The smallest absolute Gasteiger partial charge is 0.195 e. The summed E-state index contributed by atoms with van der Waals surface area (Å²) in [4.78, 5) is 17.8. The first-order chi connectivity index (χ1) is 19.6. The predicted molar refractivity (Wildman–Crippen MR) is 169 cm³/mol. The molecule has 0 N–H and O–H groups in total. The van der Waals surface area contributed by atoms with Gasteiger partial charge < -0.3 is 0 Å². The van der Waals surface area contributed by atoms with Gasteiger partial charge in [-0.15, -0.1) is 22.7 Å². The molecule has 1 aliphatic rings. The number of rotatable bonds is 6. The second kappa shape index (κ2) is 10.0. The van der Waals surface area contributed by atoms with Crippen molar-refractivity contribution >= 4 is 55.7 Å². The van der Waals surface area contributed by atoms with Crippen molar-refractivity contribution in [2.24, 2.45) is 0 Å². The van der Waals surface area contributed by atoms with Crippen LogP contribution in [0.25, 0.3) is 0 Å². The normalized spacial score (nSPS) is 13.3. The number of nitrogens with zero attached hydrogens (tertiary/aromatic N) is 4. The van der Waals surface area contributed by atoms with E-state index in [-0.39, 0.29) is 5.41 Å². The van der Waals surface area contributed by atoms with Crippen LogP contribution in [0.2, 0.25) is 0 Å². The third-order valence-corrected chi connectivity index (χ3v) is 9.40. The fraction of sp³-hybridized carbons (Fsp3) is 0.118. The summed E-state index contributed by atoms with van der Waals surface area (Å²) >= 11 is 3.58. The van der Waals surface area contributed by atoms with Gasteiger partial charge in [0.25, 0.3) is 0 Å². The van der Waals surface area contributed by atoms with Gasteiger partial charge in [-0.25, -0.2) is 9.97 Å². The van der Waals surface area contributed by atoms with Gasteiger partial charge in [-0.2, -0.15) is 0 Å². The van der Waals surface area contributed by atoms with Crippen molar-refractivity contribution < 1.29 is 0 Å². The first-order valence-corrected chi connectivity index (χ1v) is 15.0. The van der Waals surface area contributed by atoms with E-state index in [9.17, 15) is 0 Å². The lowest BCUT2D eigenvalue weighted by Gasteiger charge is -2.27. The van der Waals surface area contributed by atoms with Crippen LogP contribution in [-0.2, 0) is 11.8 Å². The van der Waals surface area contributed by atoms with Crippen LogP contribution in [0, 0.1) is 0 Å². The van der Waals surface area contributed by atoms with E-state index in [1.807, 2.05) is 0 Å². The SMILES string of the molecule is CC1(C)c2nc(N(c3ccccc3)c3ccccc3)sc2Cc2sc(N(c3ccccc3)c3ccccc3)nc21. The second-order valence-electron chi connectivity index (χ2n) is 10.4. The van der Waals surface area contributed by atoms with Gasteiger partial charge in [-0.1, -0.05) is 72.8 Å². The molecule has 0 saturated heterocycles. The standard InChI is InChI=1S/C34H28N4S2/c1-34(2)30-28(39-32(35-30)37(24-15-7-3-8-16-24)25-17-9-4-10-18-25)23-29-31(34)36-33(40-29)38(26-19-11-5-12-20-26)27-21-13-6-14-22-27/h3-22H,23H2,1-2H3. The van der Waals surface area contributed by atoms with E-state index >= 15 is 0 Å². The molecule has 6 heteroatoms. The zero-order valence-electron chi connectivity index (χ0n) is 22.4. The van der Waals surface area contributed by atoms with Crippen LogP contribution >= 0.6 is 22.7 Å². The van der Waals surface area contributed by atoms with Gasteiger partial charge >= 0.3 is 0 Å². The van der Waals surface area contributed by atoms with Crippen molar-refractivity contribution in [2.45, 2.75) is 25.7 Å². The zero-order chi connectivity index (χ0) is 27.1. The quantitative estimate of drug-likeness (QED) is 0.204. The molecule has 1 aliphatic carbocycles. The average molecular weight is 557 g/mol. The topological polar surface area (TPSA) is 32.3 Å². The summed E-state index contributed by atoms with van der Waals surface area (Å²) < 4.78 is 0. The lowest BCUT2D eigenvalue weighted by Crippen LogP contribution is -2.26. The predicted octanol–water partition coefficient (Wildman–Crippen LogP) is 9.77. The molecular formula is C34H28N4S2. The minimum atomic E-state index is -0.315. The Morgan fingerprint density at radius 3 is 1.10 bits per heavy atom. The van der Waals surface area contributed by atoms with Gasteiger partial charge in [-0.3, -0.25) is 9.80 Å². The highest BCUT2D eigenvalue weighted by molar-refractivity contribution is 7.17. The molecule has 0 radical (unpaired) electrons. The Labute approximate surface area is 242 Å². The van der Waals surface area contributed by atoms with Crippen LogP contribution in [-0.4, -0.2) is 9.97 Å². The van der Waals surface area contributed by atoms with E-state index in [0.29, 0.717) is 0 Å². The highest BCUT2D eigenvalue weighted by Crippen LogP contribution is 2.50. The number of aromatic nitrogens is 2. The molecule has 196 valence electrons. The van der Waals surface area contributed by atoms with E-state index < -0.39 is 0 Å². The fourth-order valence-corrected chi connectivity index (χ4v) is 8.03. The highest BCUT2D eigenvalue weighted by atomic mass is 32.1. The molecule has 4 aromatic carbocycles. The van der Waals surface area contributed by atoms with Crippen LogP contribution in [0.4, 0.5) is 33.0 Å². The minimum Gasteiger partial charge on any atom is -0.286 e. The van der Waals surface area contributed by atoms with Gasteiger partial charge in [0, 0.05) is 38.9 Å². The fourth-order valence-electron chi connectivity index (χ4n) is 5.39. The van der Waals surface area contributed by atoms with Crippen LogP contribution in [0.15, 0.2) is 121 Å². The van der Waals surface area contributed by atoms with E-state index in [1.54, 1.807) is 22.7 Å². The first-order valence-electron chi connectivity index (χ1n) is 13.4. The maximum Gasteiger partial charge on any atom is 0.195 e. The van der Waals surface area contributed by atoms with E-state index in [2.05, 4.69) is 145 Å². The Morgan fingerprint density at radius 2 is 0.800 bits per heavy atom. The second-order valence-corrected chi connectivity index (χ2v) is 12.5. The van der Waals surface area contributed by atoms with Crippen LogP contribution < -0.4 is 9.80 Å². The Morgan fingerprint density at radius 1 is 0.500 bits per heavy atom. The first kappa shape index (κ1) is 24.8. The minimum absolute atomic E-state index is 0.315. The summed E-state index contributed by atoms with van der Waals surface area (Å²) in [5.74, 6) is 0. The average Bonchev–Trinajstić information content (AvgIpc) is 3.62. The maximum absolute atomic E-state index is 5.32. The molecular weight excluding hydrogens is 529 g/mol. The van der Waals surface area contributed by atoms with Gasteiger partial charge in [0.15, 0.2) is 10.3 Å². The summed E-state index contributed by atoms with van der Waals surface area (Å²) in [5.41, 5.74) is 6.36. The van der Waals surface area contributed by atoms with Crippen molar-refractivity contribution in [1.29, 1.82) is 0 Å². The number of benzene rings is 4. The molecule has 6 aromatic rings. The van der Waals surface area contributed by atoms with Gasteiger partial charge in [0.2, 0.25) is 0 Å². The lowest BCUT2D eigenvalue weighted by molar-refractivity contribution is 0.580. The molecule has 0 saturated carbocycles. The summed E-state index contributed by atoms with van der Waals surface area (Å²) in [6.07, 6.45) is 0.846. The molecule has 0 bridgehead atoms. The molecule has 0 spiro atoms. The number of hydrogen-bond donors (Lipinski definition) is 0. The Bertz CT molecular complexity index is 1540. The van der Waals surface area contributed by atoms with Crippen molar-refractivity contribution in [3.05, 3.63) is 142 Å². The molecule has 0 unspecified atom stereocenters. The largest absolute Gasteiger partial charge is 0.286 e. The number of hydrogen-bond acceptors (Lipinski definition) is 6. The molecule has 7 rings (SSSR count). The van der Waals surface area contributed by atoms with E-state index in [0.717, 1.165) is 50.8 Å². The Kier molecular flexibility index (Phi) is 6.22. The lowest BCUT2D eigenvalue weighted by atomic mass is 9.80. The number of para-hydroxylation sites is 4. The van der Waals surface area contributed by atoms with Crippen molar-refractivity contribution in [1.82, 2.24) is 9.97 Å². The van der Waals surface area contributed by atoms with E-state index in [4.69, 9.17) is 9.97 Å². The highest BCUT2D eigenvalue weighted by Gasteiger charge is 2.40. The van der Waals surface area contributed by atoms with Crippen LogP contribution in [0.1, 0.15) is 35.0 Å². The van der Waals surface area contributed by atoms with E-state index in [1.165, 1.54) is 9.75 Å². The van der Waals surface area contributed by atoms with Crippen molar-refractivity contribution in [2.75, 3.05) is 9.80 Å². The zero-order valence-corrected chi connectivity index (χ0v) is 24.0. The summed E-state index contributed by atoms with van der Waals surface area (Å²) in [7, 11) is 0. The maximum atomic E-state index is 5.32.